The first-order valence-corrected chi connectivity index (χ1v) is 23.0. The Labute approximate surface area is 351 Å². The van der Waals surface area contributed by atoms with Crippen LogP contribution in [0.5, 0.6) is 23.0 Å². The molecule has 0 bridgehead atoms. The van der Waals surface area contributed by atoms with Gasteiger partial charge in [0.25, 0.3) is 0 Å². The van der Waals surface area contributed by atoms with Gasteiger partial charge in [-0.3, -0.25) is 0 Å². The minimum atomic E-state index is 0.162. The lowest BCUT2D eigenvalue weighted by Crippen LogP contribution is -2.02. The Morgan fingerprint density at radius 3 is 1.24 bits per heavy atom. The van der Waals surface area contributed by atoms with Crippen molar-refractivity contribution in [2.24, 2.45) is 9.98 Å². The van der Waals surface area contributed by atoms with Gasteiger partial charge in [-0.05, 0) is 37.8 Å². The molecular formula is C46H58N4O6S2. The van der Waals surface area contributed by atoms with Gasteiger partial charge in [-0.2, -0.15) is 10.5 Å². The minimum absolute atomic E-state index is 0.162. The van der Waals surface area contributed by atoms with E-state index < -0.39 is 0 Å². The van der Waals surface area contributed by atoms with Gasteiger partial charge in [0.2, 0.25) is 11.8 Å². The van der Waals surface area contributed by atoms with Crippen LogP contribution in [0.2, 0.25) is 0 Å². The first-order chi connectivity index (χ1) is 28.6. The zero-order valence-corrected chi connectivity index (χ0v) is 36.3. The van der Waals surface area contributed by atoms with Gasteiger partial charge in [-0.15, -0.1) is 22.7 Å². The summed E-state index contributed by atoms with van der Waals surface area (Å²) in [7, 11) is 0. The molecule has 10 nitrogen and oxygen atoms in total. The Morgan fingerprint density at radius 1 is 0.534 bits per heavy atom. The van der Waals surface area contributed by atoms with E-state index in [2.05, 4.69) is 49.8 Å². The largest absolute Gasteiger partial charge is 0.489 e. The summed E-state index contributed by atoms with van der Waals surface area (Å²) in [5.41, 5.74) is 1.36. The second kappa shape index (κ2) is 24.2. The highest BCUT2D eigenvalue weighted by Gasteiger charge is 2.22. The van der Waals surface area contributed by atoms with E-state index in [4.69, 9.17) is 27.8 Å². The van der Waals surface area contributed by atoms with Crippen LogP contribution >= 0.6 is 22.7 Å². The van der Waals surface area contributed by atoms with Crippen molar-refractivity contribution in [1.29, 1.82) is 10.5 Å². The molecule has 4 heterocycles. The summed E-state index contributed by atoms with van der Waals surface area (Å²) in [6, 6.07) is 7.95. The van der Waals surface area contributed by atoms with Crippen LogP contribution in [0.4, 0.5) is 11.8 Å². The molecule has 0 saturated carbocycles. The number of benzene rings is 1. The molecule has 0 radical (unpaired) electrons. The van der Waals surface area contributed by atoms with E-state index in [0.717, 1.165) is 74.0 Å². The van der Waals surface area contributed by atoms with Gasteiger partial charge in [-0.1, -0.05) is 105 Å². The molecule has 4 aromatic heterocycles. The molecule has 0 amide bonds. The third-order valence-corrected chi connectivity index (χ3v) is 11.5. The molecule has 0 N–H and O–H groups in total. The topological polar surface area (TPSA) is 136 Å². The summed E-state index contributed by atoms with van der Waals surface area (Å²) in [5.74, 6) is 3.08. The average molecular weight is 827 g/mol. The normalized spacial score (nSPS) is 11.6. The number of aliphatic imine (C=N–C) groups is 2. The highest BCUT2D eigenvalue weighted by molar-refractivity contribution is 7.12. The fourth-order valence-corrected chi connectivity index (χ4v) is 8.05. The van der Waals surface area contributed by atoms with E-state index >= 15 is 0 Å². The molecule has 58 heavy (non-hydrogen) atoms. The lowest BCUT2D eigenvalue weighted by molar-refractivity contribution is 0.261. The maximum atomic E-state index is 10.3. The molecule has 0 aliphatic rings. The number of unbranched alkanes of at least 4 members (excludes halogenated alkanes) is 12. The van der Waals surface area contributed by atoms with Crippen molar-refractivity contribution in [1.82, 2.24) is 0 Å². The molecule has 12 heteroatoms. The Balaban J connectivity index is 1.38. The van der Waals surface area contributed by atoms with Crippen LogP contribution in [0.25, 0.3) is 21.9 Å². The molecule has 0 atom stereocenters. The van der Waals surface area contributed by atoms with Crippen molar-refractivity contribution >= 4 is 68.8 Å². The van der Waals surface area contributed by atoms with Crippen molar-refractivity contribution in [2.75, 3.05) is 26.4 Å². The number of rotatable bonds is 28. The minimum Gasteiger partial charge on any atom is -0.489 e. The number of nitriles is 2. The van der Waals surface area contributed by atoms with Crippen LogP contribution in [-0.2, 0) is 0 Å². The number of furan rings is 2. The van der Waals surface area contributed by atoms with E-state index in [1.54, 1.807) is 24.6 Å². The van der Waals surface area contributed by atoms with Crippen molar-refractivity contribution in [2.45, 2.75) is 130 Å². The van der Waals surface area contributed by atoms with Gasteiger partial charge < -0.3 is 27.8 Å². The smallest absolute Gasteiger partial charge is 0.238 e. The zero-order valence-electron chi connectivity index (χ0n) is 34.7. The van der Waals surface area contributed by atoms with Crippen molar-refractivity contribution < 1.29 is 27.8 Å². The molecule has 0 spiro atoms. The number of hydrogen-bond donors (Lipinski definition) is 0. The highest BCUT2D eigenvalue weighted by atomic mass is 32.1. The molecule has 0 aliphatic carbocycles. The van der Waals surface area contributed by atoms with Crippen molar-refractivity contribution in [3.63, 3.8) is 0 Å². The number of thiophene rings is 2. The first-order valence-electron chi connectivity index (χ1n) is 21.2. The Morgan fingerprint density at radius 2 is 0.897 bits per heavy atom. The lowest BCUT2D eigenvalue weighted by Gasteiger charge is -2.10. The van der Waals surface area contributed by atoms with Gasteiger partial charge in [0.1, 0.15) is 34.4 Å². The summed E-state index contributed by atoms with van der Waals surface area (Å²) >= 11 is 2.95. The quantitative estimate of drug-likeness (QED) is 0.0359. The molecule has 0 saturated heterocycles. The van der Waals surface area contributed by atoms with Crippen LogP contribution < -0.4 is 18.9 Å². The molecule has 0 unspecified atom stereocenters. The SMILES string of the molecule is CCCCCCOc1csc(/C=N/c2oc3cc4c(C#N)c(/N=C/c5scc(OCCCCCC)c5OCCCCCC)oc4cc3c2C#N)c1OCCCCCC. The number of nitrogens with zero attached hydrogens (tertiary/aromatic N) is 4. The van der Waals surface area contributed by atoms with E-state index in [1.165, 1.54) is 61.2 Å². The Hall–Kier alpha value is -4.78. The van der Waals surface area contributed by atoms with Gasteiger partial charge in [0, 0.05) is 21.5 Å². The first kappa shape index (κ1) is 44.3. The maximum absolute atomic E-state index is 10.3. The summed E-state index contributed by atoms with van der Waals surface area (Å²) in [4.78, 5) is 10.8. The Kier molecular flexibility index (Phi) is 18.5. The molecular weight excluding hydrogens is 769 g/mol. The number of fused-ring (bicyclic) bond motifs is 2. The fraction of sp³-hybridized carbons (Fsp3) is 0.522. The second-order valence-corrected chi connectivity index (χ2v) is 16.2. The Bertz CT molecular complexity index is 2010. The van der Waals surface area contributed by atoms with Gasteiger partial charge in [0.05, 0.1) is 48.6 Å². The third-order valence-electron chi connectivity index (χ3n) is 9.76. The molecule has 0 aliphatic heterocycles. The van der Waals surface area contributed by atoms with Crippen molar-refractivity contribution in [3.05, 3.63) is 43.8 Å². The van der Waals surface area contributed by atoms with Crippen LogP contribution in [-0.4, -0.2) is 38.9 Å². The van der Waals surface area contributed by atoms with Crippen LogP contribution in [0.1, 0.15) is 151 Å². The van der Waals surface area contributed by atoms with Crippen LogP contribution in [0, 0.1) is 22.7 Å². The summed E-state index contributed by atoms with van der Waals surface area (Å²) in [5, 5.41) is 25.5. The number of hydrogen-bond acceptors (Lipinski definition) is 12. The van der Waals surface area contributed by atoms with E-state index in [0.29, 0.717) is 71.4 Å². The molecule has 1 aromatic carbocycles. The lowest BCUT2D eigenvalue weighted by atomic mass is 10.1. The second-order valence-electron chi connectivity index (χ2n) is 14.4. The summed E-state index contributed by atoms with van der Waals surface area (Å²) in [6.45, 7) is 11.2. The van der Waals surface area contributed by atoms with Crippen LogP contribution in [0.3, 0.4) is 0 Å². The third kappa shape index (κ3) is 12.1. The standard InChI is InChI=1S/C46H58N4O6S2/c1-5-9-13-17-21-51-39-31-57-41(43(39)53-23-19-15-11-7-3)29-49-45-35(27-47)33-25-38-34(26-37(33)55-45)36(28-48)46(56-38)50-30-42-44(54-24-20-16-12-8-4)40(32-58-42)52-22-18-14-10-6-2/h25-26,29-32H,5-24H2,1-4H3/b49-29+,50-30+. The van der Waals surface area contributed by atoms with E-state index in [1.807, 2.05) is 10.8 Å². The van der Waals surface area contributed by atoms with Gasteiger partial charge >= 0.3 is 0 Å². The zero-order chi connectivity index (χ0) is 41.0. The maximum Gasteiger partial charge on any atom is 0.238 e. The van der Waals surface area contributed by atoms with E-state index in [9.17, 15) is 10.5 Å². The van der Waals surface area contributed by atoms with E-state index in [-0.39, 0.29) is 22.9 Å². The molecule has 5 rings (SSSR count). The summed E-state index contributed by atoms with van der Waals surface area (Å²) < 4.78 is 37.1. The average Bonchev–Trinajstić information content (AvgIpc) is 4.00. The van der Waals surface area contributed by atoms with Crippen LogP contribution in [0.15, 0.2) is 41.7 Å². The summed E-state index contributed by atoms with van der Waals surface area (Å²) in [6.07, 6.45) is 21.0. The fourth-order valence-electron chi connectivity index (χ4n) is 6.47. The predicted octanol–water partition coefficient (Wildman–Crippen LogP) is 14.4. The molecule has 310 valence electrons. The van der Waals surface area contributed by atoms with Gasteiger partial charge in [0.15, 0.2) is 23.0 Å². The van der Waals surface area contributed by atoms with Gasteiger partial charge in [-0.25, -0.2) is 9.98 Å². The van der Waals surface area contributed by atoms with Crippen molar-refractivity contribution in [3.8, 4) is 35.1 Å². The number of ether oxygens (including phenoxy) is 4. The molecule has 0 fully saturated rings. The monoisotopic (exact) mass is 826 g/mol. The highest BCUT2D eigenvalue weighted by Crippen LogP contribution is 2.42. The predicted molar refractivity (Wildman–Crippen MR) is 237 cm³/mol. The molecule has 5 aromatic rings.